The van der Waals surface area contributed by atoms with E-state index < -0.39 is 17.8 Å². The largest absolute Gasteiger partial charge is 0.433 e. The lowest BCUT2D eigenvalue weighted by Crippen LogP contribution is -2.16. The Bertz CT molecular complexity index is 1010. The molecule has 146 valence electrons. The molecule has 2 heterocycles. The molecule has 0 unspecified atom stereocenters. The molecule has 1 aliphatic rings. The van der Waals surface area contributed by atoms with Crippen LogP contribution in [0.1, 0.15) is 54.3 Å². The van der Waals surface area contributed by atoms with Crippen LogP contribution >= 0.6 is 0 Å². The highest BCUT2D eigenvalue weighted by Crippen LogP contribution is 2.30. The number of hydrogen-bond acceptors (Lipinski definition) is 3. The van der Waals surface area contributed by atoms with E-state index in [0.717, 1.165) is 29.8 Å². The first kappa shape index (κ1) is 18.5. The third-order valence-electron chi connectivity index (χ3n) is 5.00. The highest BCUT2D eigenvalue weighted by molar-refractivity contribution is 6.03. The molecule has 0 saturated heterocycles. The normalized spacial score (nSPS) is 15.7. The zero-order valence-corrected chi connectivity index (χ0v) is 15.0. The van der Waals surface area contributed by atoms with Gasteiger partial charge >= 0.3 is 6.18 Å². The van der Waals surface area contributed by atoms with Crippen LogP contribution in [-0.4, -0.2) is 20.7 Å². The molecule has 1 aromatic carbocycles. The lowest BCUT2D eigenvalue weighted by molar-refractivity contribution is -0.141. The van der Waals surface area contributed by atoms with E-state index in [1.54, 1.807) is 18.2 Å². The van der Waals surface area contributed by atoms with Crippen LogP contribution < -0.4 is 5.32 Å². The molecule has 1 amide bonds. The van der Waals surface area contributed by atoms with Crippen molar-refractivity contribution < 1.29 is 18.0 Å². The number of anilines is 1. The second-order valence-corrected chi connectivity index (χ2v) is 7.03. The van der Waals surface area contributed by atoms with Crippen molar-refractivity contribution in [2.24, 2.45) is 0 Å². The molecule has 0 bridgehead atoms. The molecule has 0 atom stereocenters. The summed E-state index contributed by atoms with van der Waals surface area (Å²) < 4.78 is 40.3. The van der Waals surface area contributed by atoms with Gasteiger partial charge in [-0.05, 0) is 43.2 Å². The minimum atomic E-state index is -4.59. The number of alkyl halides is 3. The zero-order chi connectivity index (χ0) is 19.7. The number of halogens is 3. The Morgan fingerprint density at radius 2 is 1.89 bits per heavy atom. The molecule has 1 N–H and O–H groups in total. The number of carbonyl (C=O) groups excluding carboxylic acids is 1. The summed E-state index contributed by atoms with van der Waals surface area (Å²) in [5, 5.41) is 8.11. The fraction of sp³-hybridized carbons (Fsp3) is 0.350. The molecule has 0 spiro atoms. The van der Waals surface area contributed by atoms with Gasteiger partial charge in [0.2, 0.25) is 0 Å². The van der Waals surface area contributed by atoms with Gasteiger partial charge in [-0.25, -0.2) is 4.98 Å². The van der Waals surface area contributed by atoms with Gasteiger partial charge in [0.05, 0.1) is 11.6 Å². The van der Waals surface area contributed by atoms with Crippen molar-refractivity contribution in [3.8, 4) is 0 Å². The van der Waals surface area contributed by atoms with E-state index in [1.165, 1.54) is 31.4 Å². The summed E-state index contributed by atoms with van der Waals surface area (Å²) in [7, 11) is 0. The number of nitrogens with one attached hydrogen (secondary N) is 1. The maximum atomic E-state index is 12.8. The third kappa shape index (κ3) is 3.85. The summed E-state index contributed by atoms with van der Waals surface area (Å²) in [5.74, 6) is -0.690. The fourth-order valence-corrected chi connectivity index (χ4v) is 3.57. The Balaban J connectivity index is 1.54. The molecule has 1 aliphatic carbocycles. The Kier molecular flexibility index (Phi) is 4.78. The molecule has 1 fully saturated rings. The van der Waals surface area contributed by atoms with E-state index in [-0.39, 0.29) is 5.69 Å². The number of aromatic nitrogens is 3. The van der Waals surface area contributed by atoms with Crippen LogP contribution in [0.25, 0.3) is 10.9 Å². The molecule has 1 saturated carbocycles. The van der Waals surface area contributed by atoms with Crippen LogP contribution in [0.5, 0.6) is 0 Å². The summed E-state index contributed by atoms with van der Waals surface area (Å²) in [6.07, 6.45) is 3.25. The molecular formula is C20H19F3N4O. The van der Waals surface area contributed by atoms with Crippen molar-refractivity contribution >= 4 is 22.5 Å². The van der Waals surface area contributed by atoms with Crippen molar-refractivity contribution in [3.05, 3.63) is 54.0 Å². The van der Waals surface area contributed by atoms with Gasteiger partial charge in [-0.2, -0.15) is 18.3 Å². The van der Waals surface area contributed by atoms with E-state index in [9.17, 15) is 18.0 Å². The van der Waals surface area contributed by atoms with Crippen molar-refractivity contribution in [2.45, 2.75) is 44.3 Å². The quantitative estimate of drug-likeness (QED) is 0.670. The number of nitrogens with zero attached hydrogens (tertiary/aromatic N) is 3. The lowest BCUT2D eigenvalue weighted by atomic mass is 9.96. The highest BCUT2D eigenvalue weighted by Gasteiger charge is 2.33. The Labute approximate surface area is 159 Å². The molecule has 3 aromatic rings. The van der Waals surface area contributed by atoms with Crippen LogP contribution in [0.4, 0.5) is 18.9 Å². The van der Waals surface area contributed by atoms with Gasteiger partial charge in [-0.15, -0.1) is 0 Å². The van der Waals surface area contributed by atoms with Gasteiger partial charge in [0.25, 0.3) is 5.91 Å². The van der Waals surface area contributed by atoms with Gasteiger partial charge in [-0.3, -0.25) is 9.48 Å². The van der Waals surface area contributed by atoms with E-state index in [0.29, 0.717) is 11.7 Å². The highest BCUT2D eigenvalue weighted by atomic mass is 19.4. The first-order valence-corrected chi connectivity index (χ1v) is 9.25. The van der Waals surface area contributed by atoms with Gasteiger partial charge in [0.15, 0.2) is 0 Å². The van der Waals surface area contributed by atoms with Crippen molar-refractivity contribution in [3.63, 3.8) is 0 Å². The molecule has 2 aromatic heterocycles. The number of pyridine rings is 1. The summed E-state index contributed by atoms with van der Waals surface area (Å²) in [6.45, 7) is 0. The third-order valence-corrected chi connectivity index (χ3v) is 5.00. The minimum absolute atomic E-state index is 0.284. The van der Waals surface area contributed by atoms with Crippen molar-refractivity contribution in [1.82, 2.24) is 14.8 Å². The smallest absolute Gasteiger partial charge is 0.321 e. The summed E-state index contributed by atoms with van der Waals surface area (Å²) in [5.41, 5.74) is -0.0714. The van der Waals surface area contributed by atoms with Crippen LogP contribution in [0.2, 0.25) is 0 Å². The standard InChI is InChI=1S/C20H19F3N4O/c21-20(22,23)18-8-4-7-17(25-18)19(28)24-14-9-10-16-13(11-14)12-27(26-16)15-5-2-1-3-6-15/h4,7-12,15H,1-3,5-6H2,(H,24,28). The number of fused-ring (bicyclic) bond motifs is 1. The Morgan fingerprint density at radius 3 is 2.64 bits per heavy atom. The Morgan fingerprint density at radius 1 is 1.11 bits per heavy atom. The predicted molar refractivity (Wildman–Crippen MR) is 99.0 cm³/mol. The zero-order valence-electron chi connectivity index (χ0n) is 15.0. The first-order chi connectivity index (χ1) is 13.4. The molecule has 4 rings (SSSR count). The van der Waals surface area contributed by atoms with E-state index in [2.05, 4.69) is 15.4 Å². The Hall–Kier alpha value is -2.90. The second-order valence-electron chi connectivity index (χ2n) is 7.03. The first-order valence-electron chi connectivity index (χ1n) is 9.25. The molecule has 5 nitrogen and oxygen atoms in total. The van der Waals surface area contributed by atoms with E-state index in [1.807, 2.05) is 10.9 Å². The number of carbonyl (C=O) groups is 1. The lowest BCUT2D eigenvalue weighted by Gasteiger charge is -2.21. The van der Waals surface area contributed by atoms with Gasteiger partial charge in [0.1, 0.15) is 11.4 Å². The maximum absolute atomic E-state index is 12.8. The van der Waals surface area contributed by atoms with E-state index in [4.69, 9.17) is 0 Å². The second kappa shape index (κ2) is 7.26. The number of rotatable bonds is 3. The van der Waals surface area contributed by atoms with Crippen LogP contribution in [-0.2, 0) is 6.18 Å². The van der Waals surface area contributed by atoms with Gasteiger partial charge in [-0.1, -0.05) is 25.3 Å². The molecule has 0 radical (unpaired) electrons. The average molecular weight is 388 g/mol. The fourth-order valence-electron chi connectivity index (χ4n) is 3.57. The number of benzene rings is 1. The summed E-state index contributed by atoms with van der Waals surface area (Å²) >= 11 is 0. The van der Waals surface area contributed by atoms with Gasteiger partial charge < -0.3 is 5.32 Å². The van der Waals surface area contributed by atoms with Crippen LogP contribution in [0.3, 0.4) is 0 Å². The SMILES string of the molecule is O=C(Nc1ccc2nn(C3CCCCC3)cc2c1)c1cccc(C(F)(F)F)n1. The molecule has 0 aliphatic heterocycles. The van der Waals surface area contributed by atoms with Gasteiger partial charge in [0, 0.05) is 17.3 Å². The van der Waals surface area contributed by atoms with E-state index >= 15 is 0 Å². The summed E-state index contributed by atoms with van der Waals surface area (Å²) in [6, 6.07) is 8.91. The van der Waals surface area contributed by atoms with Crippen molar-refractivity contribution in [2.75, 3.05) is 5.32 Å². The monoisotopic (exact) mass is 388 g/mol. The molecular weight excluding hydrogens is 369 g/mol. The molecule has 28 heavy (non-hydrogen) atoms. The maximum Gasteiger partial charge on any atom is 0.433 e. The van der Waals surface area contributed by atoms with Crippen LogP contribution in [0, 0.1) is 0 Å². The average Bonchev–Trinajstić information content (AvgIpc) is 3.11. The number of amides is 1. The minimum Gasteiger partial charge on any atom is -0.321 e. The van der Waals surface area contributed by atoms with Crippen molar-refractivity contribution in [1.29, 1.82) is 0 Å². The van der Waals surface area contributed by atoms with Crippen LogP contribution in [0.15, 0.2) is 42.6 Å². The predicted octanol–water partition coefficient (Wildman–Crippen LogP) is 5.21. The summed E-state index contributed by atoms with van der Waals surface area (Å²) in [4.78, 5) is 15.7. The molecule has 8 heteroatoms. The topological polar surface area (TPSA) is 59.8 Å². The number of hydrogen-bond donors (Lipinski definition) is 1.